The number of hydrogen-bond acceptors (Lipinski definition) is 3. The van der Waals surface area contributed by atoms with Gasteiger partial charge in [0.1, 0.15) is 0 Å². The van der Waals surface area contributed by atoms with E-state index in [1.165, 1.54) is 0 Å². The number of carbonyl (C=O) groups is 1. The third-order valence-electron chi connectivity index (χ3n) is 2.06. The number of rotatable bonds is 3. The van der Waals surface area contributed by atoms with E-state index in [4.69, 9.17) is 0 Å². The van der Waals surface area contributed by atoms with Gasteiger partial charge in [0.2, 0.25) is 5.91 Å². The molecule has 1 heterocycles. The average molecular weight is 186 g/mol. The van der Waals surface area contributed by atoms with Crippen molar-refractivity contribution in [2.24, 2.45) is 0 Å². The molecule has 1 aliphatic heterocycles. The molecule has 0 aromatic heterocycles. The molecule has 0 aliphatic carbocycles. The summed E-state index contributed by atoms with van der Waals surface area (Å²) >= 11 is 0. The molecule has 0 spiro atoms. The lowest BCUT2D eigenvalue weighted by Crippen LogP contribution is -2.39. The first kappa shape index (κ1) is 10.5. The molecule has 2 N–H and O–H groups in total. The second-order valence-electron chi connectivity index (χ2n) is 3.90. The summed E-state index contributed by atoms with van der Waals surface area (Å²) in [5, 5.41) is 12.0. The Kier molecular flexibility index (Phi) is 3.69. The summed E-state index contributed by atoms with van der Waals surface area (Å²) < 4.78 is 0. The molecule has 1 saturated heterocycles. The first-order valence-electron chi connectivity index (χ1n) is 4.77. The molecule has 4 nitrogen and oxygen atoms in total. The van der Waals surface area contributed by atoms with Gasteiger partial charge < -0.3 is 10.4 Å². The van der Waals surface area contributed by atoms with Gasteiger partial charge in [-0.15, -0.1) is 0 Å². The molecule has 1 fully saturated rings. The second kappa shape index (κ2) is 4.58. The molecule has 0 bridgehead atoms. The van der Waals surface area contributed by atoms with E-state index in [-0.39, 0.29) is 18.1 Å². The minimum Gasteiger partial charge on any atom is -0.392 e. The molecule has 0 radical (unpaired) electrons. The van der Waals surface area contributed by atoms with Crippen LogP contribution in [0, 0.1) is 0 Å². The summed E-state index contributed by atoms with van der Waals surface area (Å²) in [6.07, 6.45) is 0.543. The molecule has 13 heavy (non-hydrogen) atoms. The van der Waals surface area contributed by atoms with Crippen molar-refractivity contribution in [2.75, 3.05) is 19.6 Å². The van der Waals surface area contributed by atoms with Crippen LogP contribution in [0.3, 0.4) is 0 Å². The maximum atomic E-state index is 11.3. The Morgan fingerprint density at radius 3 is 2.85 bits per heavy atom. The monoisotopic (exact) mass is 186 g/mol. The van der Waals surface area contributed by atoms with Crippen molar-refractivity contribution in [1.82, 2.24) is 10.2 Å². The van der Waals surface area contributed by atoms with E-state index < -0.39 is 0 Å². The van der Waals surface area contributed by atoms with Crippen molar-refractivity contribution in [3.8, 4) is 0 Å². The van der Waals surface area contributed by atoms with Gasteiger partial charge >= 0.3 is 0 Å². The number of nitrogens with one attached hydrogen (secondary N) is 1. The summed E-state index contributed by atoms with van der Waals surface area (Å²) in [6, 6.07) is 0.194. The van der Waals surface area contributed by atoms with Crippen LogP contribution in [0.4, 0.5) is 0 Å². The molecule has 0 aromatic rings. The largest absolute Gasteiger partial charge is 0.392 e. The number of aliphatic hydroxyl groups excluding tert-OH is 1. The highest BCUT2D eigenvalue weighted by molar-refractivity contribution is 5.78. The maximum Gasteiger partial charge on any atom is 0.234 e. The molecule has 1 atom stereocenters. The first-order valence-corrected chi connectivity index (χ1v) is 4.77. The van der Waals surface area contributed by atoms with E-state index in [0.29, 0.717) is 13.1 Å². The van der Waals surface area contributed by atoms with Crippen molar-refractivity contribution < 1.29 is 9.90 Å². The predicted octanol–water partition coefficient (Wildman–Crippen LogP) is -0.422. The lowest BCUT2D eigenvalue weighted by molar-refractivity contribution is -0.122. The van der Waals surface area contributed by atoms with Gasteiger partial charge in [-0.1, -0.05) is 0 Å². The molecule has 1 amide bonds. The standard InChI is InChI=1S/C9H18N2O2/c1-7(2)10-9(13)6-11-4-3-8(12)5-11/h7-8,12H,3-6H2,1-2H3,(H,10,13). The number of aliphatic hydroxyl groups is 1. The zero-order valence-corrected chi connectivity index (χ0v) is 8.29. The SMILES string of the molecule is CC(C)NC(=O)CN1CCC(O)C1. The fourth-order valence-corrected chi connectivity index (χ4v) is 1.53. The average Bonchev–Trinajstić information content (AvgIpc) is 2.33. The van der Waals surface area contributed by atoms with Gasteiger partial charge in [-0.25, -0.2) is 0 Å². The smallest absolute Gasteiger partial charge is 0.234 e. The quantitative estimate of drug-likeness (QED) is 0.629. The topological polar surface area (TPSA) is 52.6 Å². The molecule has 4 heteroatoms. The van der Waals surface area contributed by atoms with Crippen molar-refractivity contribution >= 4 is 5.91 Å². The molecule has 76 valence electrons. The van der Waals surface area contributed by atoms with Crippen LogP contribution in [0.1, 0.15) is 20.3 Å². The van der Waals surface area contributed by atoms with Gasteiger partial charge in [-0.05, 0) is 20.3 Å². The van der Waals surface area contributed by atoms with E-state index >= 15 is 0 Å². The predicted molar refractivity (Wildman–Crippen MR) is 50.3 cm³/mol. The number of carbonyl (C=O) groups excluding carboxylic acids is 1. The Morgan fingerprint density at radius 2 is 2.38 bits per heavy atom. The van der Waals surface area contributed by atoms with Crippen LogP contribution in [-0.2, 0) is 4.79 Å². The number of nitrogens with zero attached hydrogens (tertiary/aromatic N) is 1. The third kappa shape index (κ3) is 3.74. The van der Waals surface area contributed by atoms with Crippen LogP contribution in [-0.4, -0.2) is 47.7 Å². The Hall–Kier alpha value is -0.610. The summed E-state index contributed by atoms with van der Waals surface area (Å²) in [6.45, 7) is 5.75. The van der Waals surface area contributed by atoms with Gasteiger partial charge in [0.25, 0.3) is 0 Å². The normalized spacial score (nSPS) is 23.8. The van der Waals surface area contributed by atoms with Crippen LogP contribution in [0.5, 0.6) is 0 Å². The van der Waals surface area contributed by atoms with Crippen LogP contribution in [0.2, 0.25) is 0 Å². The minimum absolute atomic E-state index is 0.0455. The van der Waals surface area contributed by atoms with E-state index in [2.05, 4.69) is 5.32 Å². The van der Waals surface area contributed by atoms with Crippen molar-refractivity contribution in [3.63, 3.8) is 0 Å². The van der Waals surface area contributed by atoms with E-state index in [0.717, 1.165) is 13.0 Å². The fourth-order valence-electron chi connectivity index (χ4n) is 1.53. The first-order chi connectivity index (χ1) is 6.08. The number of amides is 1. The lowest BCUT2D eigenvalue weighted by Gasteiger charge is -2.15. The van der Waals surface area contributed by atoms with Crippen molar-refractivity contribution in [3.05, 3.63) is 0 Å². The van der Waals surface area contributed by atoms with E-state index in [1.807, 2.05) is 18.7 Å². The zero-order valence-electron chi connectivity index (χ0n) is 8.29. The zero-order chi connectivity index (χ0) is 9.84. The van der Waals surface area contributed by atoms with Crippen LogP contribution in [0.15, 0.2) is 0 Å². The molecule has 1 aliphatic rings. The van der Waals surface area contributed by atoms with Crippen LogP contribution in [0.25, 0.3) is 0 Å². The van der Waals surface area contributed by atoms with Gasteiger partial charge in [0, 0.05) is 19.1 Å². The molecular formula is C9H18N2O2. The molecule has 0 aromatic carbocycles. The Balaban J connectivity index is 2.21. The van der Waals surface area contributed by atoms with Crippen molar-refractivity contribution in [1.29, 1.82) is 0 Å². The minimum atomic E-state index is -0.244. The highest BCUT2D eigenvalue weighted by Crippen LogP contribution is 2.07. The van der Waals surface area contributed by atoms with Gasteiger partial charge in [-0.2, -0.15) is 0 Å². The lowest BCUT2D eigenvalue weighted by atomic mass is 10.3. The maximum absolute atomic E-state index is 11.3. The molecule has 1 unspecified atom stereocenters. The highest BCUT2D eigenvalue weighted by atomic mass is 16.3. The Labute approximate surface area is 78.9 Å². The van der Waals surface area contributed by atoms with Crippen LogP contribution < -0.4 is 5.32 Å². The fraction of sp³-hybridized carbons (Fsp3) is 0.889. The molecule has 1 rings (SSSR count). The molecule has 0 saturated carbocycles. The Morgan fingerprint density at radius 1 is 1.69 bits per heavy atom. The summed E-state index contributed by atoms with van der Waals surface area (Å²) in [7, 11) is 0. The van der Waals surface area contributed by atoms with E-state index in [9.17, 15) is 9.90 Å². The number of likely N-dealkylation sites (tertiary alicyclic amines) is 1. The second-order valence-corrected chi connectivity index (χ2v) is 3.90. The van der Waals surface area contributed by atoms with E-state index in [1.54, 1.807) is 0 Å². The molecular weight excluding hydrogens is 168 g/mol. The van der Waals surface area contributed by atoms with Crippen molar-refractivity contribution in [2.45, 2.75) is 32.4 Å². The Bertz CT molecular complexity index is 182. The third-order valence-corrected chi connectivity index (χ3v) is 2.06. The van der Waals surface area contributed by atoms with Gasteiger partial charge in [0.15, 0.2) is 0 Å². The number of β-amino-alcohol motifs (C(OH)–C–C–N with tert-alkyl or cyclic N) is 1. The highest BCUT2D eigenvalue weighted by Gasteiger charge is 2.21. The summed E-state index contributed by atoms with van der Waals surface area (Å²) in [5.41, 5.74) is 0. The van der Waals surface area contributed by atoms with Gasteiger partial charge in [-0.3, -0.25) is 9.69 Å². The summed E-state index contributed by atoms with van der Waals surface area (Å²) in [5.74, 6) is 0.0455. The van der Waals surface area contributed by atoms with Crippen LogP contribution >= 0.6 is 0 Å². The van der Waals surface area contributed by atoms with Gasteiger partial charge in [0.05, 0.1) is 12.6 Å². The summed E-state index contributed by atoms with van der Waals surface area (Å²) in [4.78, 5) is 13.3. The number of hydrogen-bond donors (Lipinski definition) is 2.